The molecule has 4 nitrogen and oxygen atoms in total. The van der Waals surface area contributed by atoms with Gasteiger partial charge in [0.15, 0.2) is 5.82 Å². The van der Waals surface area contributed by atoms with Crippen LogP contribution in [0.2, 0.25) is 0 Å². The molecule has 1 aromatic rings. The highest BCUT2D eigenvalue weighted by atomic mass is 32.1. The van der Waals surface area contributed by atoms with Crippen LogP contribution in [0, 0.1) is 0 Å². The van der Waals surface area contributed by atoms with E-state index in [4.69, 9.17) is 4.74 Å². The second kappa shape index (κ2) is 4.67. The summed E-state index contributed by atoms with van der Waals surface area (Å²) in [6.45, 7) is 7.11. The molecule has 90 valence electrons. The zero-order valence-electron chi connectivity index (χ0n) is 10.1. The van der Waals surface area contributed by atoms with E-state index in [1.165, 1.54) is 18.0 Å². The van der Waals surface area contributed by atoms with Gasteiger partial charge in [-0.2, -0.15) is 4.37 Å². The Morgan fingerprint density at radius 1 is 1.44 bits per heavy atom. The van der Waals surface area contributed by atoms with Gasteiger partial charge >= 0.3 is 0 Å². The zero-order valence-corrected chi connectivity index (χ0v) is 10.9. The maximum atomic E-state index is 5.82. The van der Waals surface area contributed by atoms with E-state index >= 15 is 0 Å². The number of hydrogen-bond donors (Lipinski definition) is 1. The van der Waals surface area contributed by atoms with Gasteiger partial charge in [-0.3, -0.25) is 0 Å². The maximum Gasteiger partial charge on any atom is 0.202 e. The monoisotopic (exact) mass is 241 g/mol. The van der Waals surface area contributed by atoms with Crippen molar-refractivity contribution in [3.8, 4) is 0 Å². The fourth-order valence-electron chi connectivity index (χ4n) is 1.85. The lowest BCUT2D eigenvalue weighted by molar-refractivity contribution is -0.0752. The summed E-state index contributed by atoms with van der Waals surface area (Å²) in [5, 5.41) is 4.16. The Balaban J connectivity index is 2.10. The average Bonchev–Trinajstić information content (AvgIpc) is 2.67. The lowest BCUT2D eigenvalue weighted by Crippen LogP contribution is -2.31. The van der Waals surface area contributed by atoms with Gasteiger partial charge in [0.1, 0.15) is 5.60 Å². The highest BCUT2D eigenvalue weighted by Crippen LogP contribution is 2.34. The standard InChI is InChI=1S/C11H19N3OS/c1-8(2)12-10-13-9(14-16-10)11(3)6-4-5-7-15-11/h8H,4-7H2,1-3H3,(H,12,13,14). The number of nitrogens with zero attached hydrogens (tertiary/aromatic N) is 2. The van der Waals surface area contributed by atoms with Gasteiger partial charge in [-0.25, -0.2) is 4.98 Å². The van der Waals surface area contributed by atoms with Crippen molar-refractivity contribution in [1.82, 2.24) is 9.36 Å². The number of nitrogens with one attached hydrogen (secondary N) is 1. The van der Waals surface area contributed by atoms with Crippen LogP contribution in [0.3, 0.4) is 0 Å². The van der Waals surface area contributed by atoms with Crippen LogP contribution in [0.1, 0.15) is 45.9 Å². The molecule has 0 amide bonds. The van der Waals surface area contributed by atoms with Crippen molar-refractivity contribution in [2.24, 2.45) is 0 Å². The second-order valence-electron chi connectivity index (χ2n) is 4.76. The Bertz CT molecular complexity index is 345. The fourth-order valence-corrected chi connectivity index (χ4v) is 2.68. The van der Waals surface area contributed by atoms with Gasteiger partial charge in [-0.1, -0.05) is 0 Å². The molecule has 0 saturated carbocycles. The molecule has 0 bridgehead atoms. The Labute approximate surface area is 101 Å². The Morgan fingerprint density at radius 2 is 2.25 bits per heavy atom. The smallest absolute Gasteiger partial charge is 0.202 e. The van der Waals surface area contributed by atoms with Crippen LogP contribution in [-0.4, -0.2) is 22.0 Å². The maximum absolute atomic E-state index is 5.82. The van der Waals surface area contributed by atoms with E-state index in [-0.39, 0.29) is 5.60 Å². The van der Waals surface area contributed by atoms with E-state index in [0.717, 1.165) is 30.4 Å². The molecule has 1 fully saturated rings. The van der Waals surface area contributed by atoms with Gasteiger partial charge in [0, 0.05) is 24.2 Å². The summed E-state index contributed by atoms with van der Waals surface area (Å²) in [7, 11) is 0. The van der Waals surface area contributed by atoms with E-state index in [2.05, 4.69) is 35.4 Å². The van der Waals surface area contributed by atoms with E-state index in [1.807, 2.05) is 0 Å². The van der Waals surface area contributed by atoms with Crippen molar-refractivity contribution in [1.29, 1.82) is 0 Å². The molecule has 0 spiro atoms. The summed E-state index contributed by atoms with van der Waals surface area (Å²) in [6.07, 6.45) is 3.37. The molecule has 2 rings (SSSR count). The molecule has 1 atom stereocenters. The van der Waals surface area contributed by atoms with Gasteiger partial charge in [0.05, 0.1) is 0 Å². The molecule has 5 heteroatoms. The number of anilines is 1. The summed E-state index contributed by atoms with van der Waals surface area (Å²) >= 11 is 1.42. The molecule has 1 saturated heterocycles. The van der Waals surface area contributed by atoms with E-state index < -0.39 is 0 Å². The lowest BCUT2D eigenvalue weighted by atomic mass is 9.95. The minimum absolute atomic E-state index is 0.272. The first-order valence-electron chi connectivity index (χ1n) is 5.85. The van der Waals surface area contributed by atoms with E-state index in [0.29, 0.717) is 6.04 Å². The number of hydrogen-bond acceptors (Lipinski definition) is 5. The van der Waals surface area contributed by atoms with E-state index in [1.54, 1.807) is 0 Å². The zero-order chi connectivity index (χ0) is 11.6. The molecule has 2 heterocycles. The summed E-state index contributed by atoms with van der Waals surface area (Å²) < 4.78 is 10.2. The summed E-state index contributed by atoms with van der Waals surface area (Å²) in [4.78, 5) is 4.52. The van der Waals surface area contributed by atoms with Crippen LogP contribution in [0.4, 0.5) is 5.13 Å². The molecule has 1 unspecified atom stereocenters. The number of aromatic nitrogens is 2. The van der Waals surface area contributed by atoms with Gasteiger partial charge in [0.25, 0.3) is 0 Å². The van der Waals surface area contributed by atoms with Crippen LogP contribution in [0.25, 0.3) is 0 Å². The minimum atomic E-state index is -0.272. The van der Waals surface area contributed by atoms with Crippen LogP contribution in [0.5, 0.6) is 0 Å². The van der Waals surface area contributed by atoms with Crippen molar-refractivity contribution >= 4 is 16.7 Å². The molecule has 16 heavy (non-hydrogen) atoms. The quantitative estimate of drug-likeness (QED) is 0.884. The Kier molecular flexibility index (Phi) is 3.44. The fraction of sp³-hybridized carbons (Fsp3) is 0.818. The Morgan fingerprint density at radius 3 is 2.88 bits per heavy atom. The van der Waals surface area contributed by atoms with Gasteiger partial charge in [-0.15, -0.1) is 0 Å². The average molecular weight is 241 g/mol. The van der Waals surface area contributed by atoms with Crippen molar-refractivity contribution in [3.05, 3.63) is 5.82 Å². The first-order chi connectivity index (χ1) is 7.60. The van der Waals surface area contributed by atoms with Gasteiger partial charge in [-0.05, 0) is 40.0 Å². The van der Waals surface area contributed by atoms with Gasteiger partial charge in [0.2, 0.25) is 5.13 Å². The predicted molar refractivity (Wildman–Crippen MR) is 65.8 cm³/mol. The van der Waals surface area contributed by atoms with Crippen molar-refractivity contribution in [3.63, 3.8) is 0 Å². The summed E-state index contributed by atoms with van der Waals surface area (Å²) in [5.41, 5.74) is -0.272. The van der Waals surface area contributed by atoms with Crippen molar-refractivity contribution in [2.75, 3.05) is 11.9 Å². The molecule has 1 N–H and O–H groups in total. The molecule has 1 aliphatic rings. The minimum Gasteiger partial charge on any atom is -0.367 e. The number of rotatable bonds is 3. The SMILES string of the molecule is CC(C)Nc1nc(C2(C)CCCCO2)ns1. The second-order valence-corrected chi connectivity index (χ2v) is 5.51. The van der Waals surface area contributed by atoms with Crippen LogP contribution in [-0.2, 0) is 10.3 Å². The van der Waals surface area contributed by atoms with Crippen LogP contribution < -0.4 is 5.32 Å². The first kappa shape index (κ1) is 11.8. The van der Waals surface area contributed by atoms with Crippen molar-refractivity contribution < 1.29 is 4.74 Å². The molecular formula is C11H19N3OS. The largest absolute Gasteiger partial charge is 0.367 e. The number of ether oxygens (including phenoxy) is 1. The summed E-state index contributed by atoms with van der Waals surface area (Å²) in [5.74, 6) is 0.834. The third-order valence-corrected chi connectivity index (χ3v) is 3.43. The molecule has 1 aromatic heterocycles. The highest BCUT2D eigenvalue weighted by molar-refractivity contribution is 7.09. The third-order valence-electron chi connectivity index (χ3n) is 2.78. The Hall–Kier alpha value is -0.680. The van der Waals surface area contributed by atoms with E-state index in [9.17, 15) is 0 Å². The summed E-state index contributed by atoms with van der Waals surface area (Å²) in [6, 6.07) is 0.390. The highest BCUT2D eigenvalue weighted by Gasteiger charge is 2.34. The third kappa shape index (κ3) is 2.52. The lowest BCUT2D eigenvalue weighted by Gasteiger charge is -2.31. The molecule has 0 aliphatic carbocycles. The molecular weight excluding hydrogens is 222 g/mol. The molecule has 0 radical (unpaired) electrons. The first-order valence-corrected chi connectivity index (χ1v) is 6.62. The molecule has 1 aliphatic heterocycles. The molecule has 0 aromatic carbocycles. The normalized spacial score (nSPS) is 26.0. The van der Waals surface area contributed by atoms with Crippen molar-refractivity contribution in [2.45, 2.75) is 51.7 Å². The topological polar surface area (TPSA) is 47.0 Å². The predicted octanol–water partition coefficient (Wildman–Crippen LogP) is 2.77. The van der Waals surface area contributed by atoms with Crippen LogP contribution in [0.15, 0.2) is 0 Å². The van der Waals surface area contributed by atoms with Gasteiger partial charge < -0.3 is 10.1 Å². The van der Waals surface area contributed by atoms with Crippen LogP contribution >= 0.6 is 11.5 Å².